The number of amides is 1. The number of rotatable bonds is 9. The Morgan fingerprint density at radius 3 is 2.55 bits per heavy atom. The highest BCUT2D eigenvalue weighted by molar-refractivity contribution is 7.99. The van der Waals surface area contributed by atoms with E-state index in [0.717, 1.165) is 52.8 Å². The SMILES string of the molecule is COc1ccc(CCCc2nnc(SCC(=O)Nc3ccc(C)c(C)c3)n2C)cc1C. The molecule has 0 bridgehead atoms. The van der Waals surface area contributed by atoms with Crippen molar-refractivity contribution in [3.05, 3.63) is 64.5 Å². The van der Waals surface area contributed by atoms with E-state index in [9.17, 15) is 4.79 Å². The predicted molar refractivity (Wildman–Crippen MR) is 126 cm³/mol. The third-order valence-electron chi connectivity index (χ3n) is 5.37. The van der Waals surface area contributed by atoms with Crippen LogP contribution in [-0.4, -0.2) is 33.5 Å². The number of methoxy groups -OCH3 is 1. The fourth-order valence-electron chi connectivity index (χ4n) is 3.38. The maximum absolute atomic E-state index is 12.3. The van der Waals surface area contributed by atoms with E-state index < -0.39 is 0 Å². The number of nitrogens with zero attached hydrogens (tertiary/aromatic N) is 3. The van der Waals surface area contributed by atoms with Crippen molar-refractivity contribution in [2.75, 3.05) is 18.2 Å². The Balaban J connectivity index is 1.48. The Kier molecular flexibility index (Phi) is 7.74. The standard InChI is InChI=1S/C24H30N4O2S/c1-16-9-11-20(14-17(16)2)25-23(29)15-31-24-27-26-22(28(24)4)8-6-7-19-10-12-21(30-5)18(3)13-19/h9-14H,6-8,15H2,1-5H3,(H,25,29). The van der Waals surface area contributed by atoms with Crippen molar-refractivity contribution in [2.24, 2.45) is 7.05 Å². The summed E-state index contributed by atoms with van der Waals surface area (Å²) in [7, 11) is 3.65. The summed E-state index contributed by atoms with van der Waals surface area (Å²) in [5, 5.41) is 12.3. The van der Waals surface area contributed by atoms with Crippen LogP contribution in [-0.2, 0) is 24.7 Å². The number of nitrogens with one attached hydrogen (secondary N) is 1. The molecule has 0 unspecified atom stereocenters. The smallest absolute Gasteiger partial charge is 0.234 e. The third-order valence-corrected chi connectivity index (χ3v) is 6.39. The Morgan fingerprint density at radius 2 is 1.84 bits per heavy atom. The zero-order chi connectivity index (χ0) is 22.4. The number of aryl methyl sites for hydroxylation is 5. The first kappa shape index (κ1) is 22.9. The molecule has 0 aliphatic heterocycles. The lowest BCUT2D eigenvalue weighted by atomic mass is 10.0. The minimum absolute atomic E-state index is 0.0484. The molecule has 0 saturated heterocycles. The highest BCUT2D eigenvalue weighted by Crippen LogP contribution is 2.21. The van der Waals surface area contributed by atoms with Crippen molar-refractivity contribution in [1.82, 2.24) is 14.8 Å². The molecule has 0 atom stereocenters. The Labute approximate surface area is 188 Å². The second-order valence-corrected chi connectivity index (χ2v) is 8.69. The van der Waals surface area contributed by atoms with Gasteiger partial charge in [-0.1, -0.05) is 30.0 Å². The molecule has 3 rings (SSSR count). The molecule has 1 N–H and O–H groups in total. The van der Waals surface area contributed by atoms with Crippen molar-refractivity contribution in [2.45, 2.75) is 45.2 Å². The zero-order valence-electron chi connectivity index (χ0n) is 18.9. The number of hydrogen-bond acceptors (Lipinski definition) is 5. The number of carbonyl (C=O) groups excluding carboxylic acids is 1. The average Bonchev–Trinajstić information content (AvgIpc) is 3.09. The van der Waals surface area contributed by atoms with Gasteiger partial charge in [0, 0.05) is 19.2 Å². The summed E-state index contributed by atoms with van der Waals surface area (Å²) in [6.45, 7) is 6.15. The number of anilines is 1. The van der Waals surface area contributed by atoms with Crippen molar-refractivity contribution in [3.8, 4) is 5.75 Å². The number of carbonyl (C=O) groups is 1. The lowest BCUT2D eigenvalue weighted by Crippen LogP contribution is -2.14. The normalized spacial score (nSPS) is 10.9. The first-order chi connectivity index (χ1) is 14.9. The molecule has 0 aliphatic carbocycles. The zero-order valence-corrected chi connectivity index (χ0v) is 19.7. The molecular formula is C24H30N4O2S. The minimum atomic E-state index is -0.0484. The maximum Gasteiger partial charge on any atom is 0.234 e. The quantitative estimate of drug-likeness (QED) is 0.492. The predicted octanol–water partition coefficient (Wildman–Crippen LogP) is 4.66. The van der Waals surface area contributed by atoms with Gasteiger partial charge in [0.1, 0.15) is 11.6 Å². The van der Waals surface area contributed by atoms with Gasteiger partial charge in [-0.25, -0.2) is 0 Å². The molecule has 3 aromatic rings. The van der Waals surface area contributed by atoms with Gasteiger partial charge in [0.2, 0.25) is 5.91 Å². The highest BCUT2D eigenvalue weighted by Gasteiger charge is 2.12. The summed E-state index contributed by atoms with van der Waals surface area (Å²) in [5.74, 6) is 2.10. The van der Waals surface area contributed by atoms with Gasteiger partial charge in [0.05, 0.1) is 12.9 Å². The fraction of sp³-hybridized carbons (Fsp3) is 0.375. The van der Waals surface area contributed by atoms with Crippen molar-refractivity contribution >= 4 is 23.4 Å². The number of thioether (sulfide) groups is 1. The number of benzene rings is 2. The van der Waals surface area contributed by atoms with Gasteiger partial charge in [0.25, 0.3) is 0 Å². The van der Waals surface area contributed by atoms with Crippen LogP contribution in [0.15, 0.2) is 41.6 Å². The van der Waals surface area contributed by atoms with Gasteiger partial charge in [-0.05, 0) is 74.1 Å². The van der Waals surface area contributed by atoms with E-state index in [1.54, 1.807) is 7.11 Å². The van der Waals surface area contributed by atoms with Crippen LogP contribution in [0.3, 0.4) is 0 Å². The molecule has 0 fully saturated rings. The van der Waals surface area contributed by atoms with Crippen LogP contribution < -0.4 is 10.1 Å². The Bertz CT molecular complexity index is 1060. The fourth-order valence-corrected chi connectivity index (χ4v) is 4.11. The van der Waals surface area contributed by atoms with Gasteiger partial charge in [-0.3, -0.25) is 4.79 Å². The third kappa shape index (κ3) is 6.10. The van der Waals surface area contributed by atoms with Gasteiger partial charge in [-0.15, -0.1) is 10.2 Å². The molecule has 7 heteroatoms. The summed E-state index contributed by atoms with van der Waals surface area (Å²) in [5.41, 5.74) is 5.63. The Hall–Kier alpha value is -2.80. The minimum Gasteiger partial charge on any atom is -0.496 e. The second kappa shape index (κ2) is 10.5. The van der Waals surface area contributed by atoms with Crippen LogP contribution in [0, 0.1) is 20.8 Å². The van der Waals surface area contributed by atoms with Crippen LogP contribution in [0.25, 0.3) is 0 Å². The summed E-state index contributed by atoms with van der Waals surface area (Å²) in [6, 6.07) is 12.2. The number of ether oxygens (including phenoxy) is 1. The van der Waals surface area contributed by atoms with Crippen LogP contribution in [0.1, 0.15) is 34.5 Å². The largest absolute Gasteiger partial charge is 0.496 e. The van der Waals surface area contributed by atoms with Crippen LogP contribution in [0.5, 0.6) is 5.75 Å². The molecule has 2 aromatic carbocycles. The van der Waals surface area contributed by atoms with Gasteiger partial charge < -0.3 is 14.6 Å². The first-order valence-electron chi connectivity index (χ1n) is 10.4. The molecule has 0 spiro atoms. The molecule has 1 heterocycles. The lowest BCUT2D eigenvalue weighted by molar-refractivity contribution is -0.113. The molecule has 1 aromatic heterocycles. The molecular weight excluding hydrogens is 408 g/mol. The van der Waals surface area contributed by atoms with Crippen molar-refractivity contribution < 1.29 is 9.53 Å². The maximum atomic E-state index is 12.3. The van der Waals surface area contributed by atoms with Gasteiger partial charge in [0.15, 0.2) is 5.16 Å². The topological polar surface area (TPSA) is 69.0 Å². The van der Waals surface area contributed by atoms with Crippen molar-refractivity contribution in [3.63, 3.8) is 0 Å². The second-order valence-electron chi connectivity index (χ2n) is 7.75. The molecule has 6 nitrogen and oxygen atoms in total. The van der Waals surface area contributed by atoms with E-state index in [-0.39, 0.29) is 5.91 Å². The Morgan fingerprint density at radius 1 is 1.03 bits per heavy atom. The van der Waals surface area contributed by atoms with E-state index >= 15 is 0 Å². The summed E-state index contributed by atoms with van der Waals surface area (Å²) in [4.78, 5) is 12.3. The lowest BCUT2D eigenvalue weighted by Gasteiger charge is -2.08. The van der Waals surface area contributed by atoms with Gasteiger partial charge in [-0.2, -0.15) is 0 Å². The first-order valence-corrected chi connectivity index (χ1v) is 11.4. The highest BCUT2D eigenvalue weighted by atomic mass is 32.2. The monoisotopic (exact) mass is 438 g/mol. The van der Waals surface area contributed by atoms with Gasteiger partial charge >= 0.3 is 0 Å². The summed E-state index contributed by atoms with van der Waals surface area (Å²) < 4.78 is 7.30. The molecule has 31 heavy (non-hydrogen) atoms. The average molecular weight is 439 g/mol. The van der Waals surface area contributed by atoms with Crippen LogP contribution in [0.2, 0.25) is 0 Å². The molecule has 0 saturated carbocycles. The molecule has 0 aliphatic rings. The molecule has 1 amide bonds. The van der Waals surface area contributed by atoms with Crippen LogP contribution >= 0.6 is 11.8 Å². The van der Waals surface area contributed by atoms with E-state index in [0.29, 0.717) is 5.75 Å². The number of aromatic nitrogens is 3. The molecule has 0 radical (unpaired) electrons. The van der Waals surface area contributed by atoms with Crippen molar-refractivity contribution in [1.29, 1.82) is 0 Å². The van der Waals surface area contributed by atoms with Crippen LogP contribution in [0.4, 0.5) is 5.69 Å². The van der Waals surface area contributed by atoms with E-state index in [2.05, 4.69) is 41.5 Å². The van der Waals surface area contributed by atoms with E-state index in [1.807, 2.05) is 42.8 Å². The molecule has 164 valence electrons. The number of hydrogen-bond donors (Lipinski definition) is 1. The summed E-state index contributed by atoms with van der Waals surface area (Å²) in [6.07, 6.45) is 2.79. The van der Waals surface area contributed by atoms with E-state index in [4.69, 9.17) is 4.74 Å². The van der Waals surface area contributed by atoms with E-state index in [1.165, 1.54) is 22.9 Å². The summed E-state index contributed by atoms with van der Waals surface area (Å²) >= 11 is 1.40.